The number of hydrogen-bond donors (Lipinski definition) is 1. The first-order valence-electron chi connectivity index (χ1n) is 5.94. The van der Waals surface area contributed by atoms with E-state index in [1.54, 1.807) is 0 Å². The molecule has 0 saturated heterocycles. The van der Waals surface area contributed by atoms with Crippen molar-refractivity contribution in [3.05, 3.63) is 22.8 Å². The Balaban J connectivity index is 2.96. The highest BCUT2D eigenvalue weighted by molar-refractivity contribution is 6.33. The fraction of sp³-hybridized carbons (Fsp3) is 0.538. The molecule has 0 amide bonds. The van der Waals surface area contributed by atoms with Gasteiger partial charge in [-0.15, -0.1) is 0 Å². The average molecular weight is 271 g/mol. The van der Waals surface area contributed by atoms with Gasteiger partial charge in [-0.25, -0.2) is 9.78 Å². The Hall–Kier alpha value is -1.29. The molecule has 5 heteroatoms. The molecule has 0 saturated carbocycles. The van der Waals surface area contributed by atoms with Crippen LogP contribution < -0.4 is 4.90 Å². The van der Waals surface area contributed by atoms with Crippen molar-refractivity contribution in [2.45, 2.75) is 33.2 Å². The molecule has 1 unspecified atom stereocenters. The summed E-state index contributed by atoms with van der Waals surface area (Å²) in [5.74, 6) is 0.173. The van der Waals surface area contributed by atoms with Gasteiger partial charge in [0.1, 0.15) is 5.82 Å². The maximum atomic E-state index is 11.0. The molecule has 0 fully saturated rings. The van der Waals surface area contributed by atoms with Gasteiger partial charge >= 0.3 is 5.97 Å². The van der Waals surface area contributed by atoms with Gasteiger partial charge in [0, 0.05) is 19.3 Å². The first-order chi connectivity index (χ1) is 8.32. The second-order valence-corrected chi connectivity index (χ2v) is 5.32. The van der Waals surface area contributed by atoms with E-state index in [9.17, 15) is 4.79 Å². The number of carboxylic acids is 1. The van der Waals surface area contributed by atoms with Crippen molar-refractivity contribution in [2.24, 2.45) is 5.92 Å². The zero-order valence-corrected chi connectivity index (χ0v) is 11.9. The van der Waals surface area contributed by atoms with Crippen LogP contribution in [0.1, 0.15) is 37.6 Å². The van der Waals surface area contributed by atoms with Crippen molar-refractivity contribution in [3.8, 4) is 0 Å². The molecule has 1 aromatic heterocycles. The summed E-state index contributed by atoms with van der Waals surface area (Å²) in [5.41, 5.74) is 0.0882. The van der Waals surface area contributed by atoms with Crippen LogP contribution in [0, 0.1) is 5.92 Å². The highest BCUT2D eigenvalue weighted by atomic mass is 35.5. The molecular formula is C13H19ClN2O2. The molecule has 18 heavy (non-hydrogen) atoms. The van der Waals surface area contributed by atoms with Crippen LogP contribution in [0.3, 0.4) is 0 Å². The number of hydrogen-bond acceptors (Lipinski definition) is 3. The number of carboxylic acid groups (broad SMARTS) is 1. The lowest BCUT2D eigenvalue weighted by molar-refractivity contribution is 0.0697. The van der Waals surface area contributed by atoms with E-state index >= 15 is 0 Å². The minimum atomic E-state index is -1.03. The molecule has 1 N–H and O–H groups in total. The Kier molecular flexibility index (Phi) is 4.96. The predicted molar refractivity (Wildman–Crippen MR) is 73.5 cm³/mol. The predicted octanol–water partition coefficient (Wildman–Crippen LogP) is 3.30. The standard InChI is InChI=1S/C13H19ClN2O2/c1-8(2)5-9(3)16(4)12-6-10(13(17)18)11(14)7-15-12/h6-9H,5H2,1-4H3,(H,17,18). The first-order valence-corrected chi connectivity index (χ1v) is 6.32. The summed E-state index contributed by atoms with van der Waals surface area (Å²) in [7, 11) is 1.91. The number of pyridine rings is 1. The fourth-order valence-corrected chi connectivity index (χ4v) is 2.03. The van der Waals surface area contributed by atoms with Gasteiger partial charge in [-0.2, -0.15) is 0 Å². The lowest BCUT2D eigenvalue weighted by atomic mass is 10.0. The summed E-state index contributed by atoms with van der Waals surface area (Å²) in [4.78, 5) is 17.2. The Labute approximate surface area is 113 Å². The van der Waals surface area contributed by atoms with Crippen LogP contribution in [-0.4, -0.2) is 29.1 Å². The summed E-state index contributed by atoms with van der Waals surface area (Å²) < 4.78 is 0. The zero-order valence-electron chi connectivity index (χ0n) is 11.1. The third kappa shape index (κ3) is 3.60. The Morgan fingerprint density at radius 1 is 1.50 bits per heavy atom. The van der Waals surface area contributed by atoms with Crippen molar-refractivity contribution in [2.75, 3.05) is 11.9 Å². The molecule has 100 valence electrons. The zero-order chi connectivity index (χ0) is 13.9. The molecule has 0 spiro atoms. The quantitative estimate of drug-likeness (QED) is 0.892. The van der Waals surface area contributed by atoms with E-state index in [2.05, 4.69) is 25.8 Å². The largest absolute Gasteiger partial charge is 0.478 e. The Morgan fingerprint density at radius 2 is 2.11 bits per heavy atom. The summed E-state index contributed by atoms with van der Waals surface area (Å²) in [6, 6.07) is 1.81. The van der Waals surface area contributed by atoms with Gasteiger partial charge in [-0.3, -0.25) is 0 Å². The molecule has 1 atom stereocenters. The lowest BCUT2D eigenvalue weighted by Gasteiger charge is -2.27. The lowest BCUT2D eigenvalue weighted by Crippen LogP contribution is -2.30. The normalized spacial score (nSPS) is 12.6. The number of halogens is 1. The number of carbonyl (C=O) groups is 1. The smallest absolute Gasteiger partial charge is 0.337 e. The van der Waals surface area contributed by atoms with Gasteiger partial charge in [0.2, 0.25) is 0 Å². The second-order valence-electron chi connectivity index (χ2n) is 4.92. The molecule has 0 aliphatic heterocycles. The summed E-state index contributed by atoms with van der Waals surface area (Å²) in [5, 5.41) is 9.19. The molecule has 0 radical (unpaired) electrons. The number of rotatable bonds is 5. The molecule has 0 aromatic carbocycles. The summed E-state index contributed by atoms with van der Waals surface area (Å²) >= 11 is 5.80. The molecule has 0 aliphatic rings. The third-order valence-corrected chi connectivity index (χ3v) is 3.21. The van der Waals surface area contributed by atoms with Crippen molar-refractivity contribution >= 4 is 23.4 Å². The second kappa shape index (κ2) is 6.05. The van der Waals surface area contributed by atoms with Crippen LogP contribution in [0.25, 0.3) is 0 Å². The molecule has 1 rings (SSSR count). The molecule has 1 aromatic rings. The Morgan fingerprint density at radius 3 is 2.61 bits per heavy atom. The van der Waals surface area contributed by atoms with Gasteiger partial charge in [-0.1, -0.05) is 25.4 Å². The maximum Gasteiger partial charge on any atom is 0.337 e. The first kappa shape index (κ1) is 14.8. The van der Waals surface area contributed by atoms with Gasteiger partial charge in [0.05, 0.1) is 10.6 Å². The fourth-order valence-electron chi connectivity index (χ4n) is 1.85. The third-order valence-electron chi connectivity index (χ3n) is 2.91. The van der Waals surface area contributed by atoms with Crippen LogP contribution in [0.2, 0.25) is 5.02 Å². The van der Waals surface area contributed by atoms with E-state index in [4.69, 9.17) is 16.7 Å². The molecule has 4 nitrogen and oxygen atoms in total. The topological polar surface area (TPSA) is 53.4 Å². The van der Waals surface area contributed by atoms with Gasteiger partial charge < -0.3 is 10.0 Å². The van der Waals surface area contributed by atoms with E-state index in [-0.39, 0.29) is 10.6 Å². The van der Waals surface area contributed by atoms with Crippen molar-refractivity contribution in [3.63, 3.8) is 0 Å². The molecule has 0 bridgehead atoms. The van der Waals surface area contributed by atoms with Crippen molar-refractivity contribution in [1.82, 2.24) is 4.98 Å². The van der Waals surface area contributed by atoms with Crippen LogP contribution in [0.4, 0.5) is 5.82 Å². The minimum Gasteiger partial charge on any atom is -0.478 e. The summed E-state index contributed by atoms with van der Waals surface area (Å²) in [6.45, 7) is 6.40. The van der Waals surface area contributed by atoms with Gasteiger partial charge in [0.25, 0.3) is 0 Å². The van der Waals surface area contributed by atoms with Crippen molar-refractivity contribution < 1.29 is 9.90 Å². The SMILES string of the molecule is CC(C)CC(C)N(C)c1cc(C(=O)O)c(Cl)cn1. The molecule has 0 aliphatic carbocycles. The number of nitrogens with zero attached hydrogens (tertiary/aromatic N) is 2. The van der Waals surface area contributed by atoms with Crippen LogP contribution in [0.15, 0.2) is 12.3 Å². The minimum absolute atomic E-state index is 0.0882. The van der Waals surface area contributed by atoms with Crippen molar-refractivity contribution in [1.29, 1.82) is 0 Å². The monoisotopic (exact) mass is 270 g/mol. The van der Waals surface area contributed by atoms with Crippen LogP contribution in [0.5, 0.6) is 0 Å². The van der Waals surface area contributed by atoms with Gasteiger partial charge in [0.15, 0.2) is 0 Å². The number of anilines is 1. The molecule has 1 heterocycles. The number of aromatic nitrogens is 1. The average Bonchev–Trinajstić information content (AvgIpc) is 2.27. The van der Waals surface area contributed by atoms with Gasteiger partial charge in [-0.05, 0) is 25.3 Å². The summed E-state index contributed by atoms with van der Waals surface area (Å²) in [6.07, 6.45) is 2.40. The highest BCUT2D eigenvalue weighted by Crippen LogP contribution is 2.22. The van der Waals surface area contributed by atoms with Crippen LogP contribution >= 0.6 is 11.6 Å². The number of aromatic carboxylic acids is 1. The van der Waals surface area contributed by atoms with E-state index in [0.717, 1.165) is 6.42 Å². The van der Waals surface area contributed by atoms with E-state index in [0.29, 0.717) is 17.8 Å². The van der Waals surface area contributed by atoms with E-state index in [1.165, 1.54) is 12.3 Å². The highest BCUT2D eigenvalue weighted by Gasteiger charge is 2.16. The van der Waals surface area contributed by atoms with E-state index in [1.807, 2.05) is 11.9 Å². The van der Waals surface area contributed by atoms with Crippen LogP contribution in [-0.2, 0) is 0 Å². The van der Waals surface area contributed by atoms with E-state index < -0.39 is 5.97 Å². The maximum absolute atomic E-state index is 11.0. The Bertz CT molecular complexity index is 435. The molecular weight excluding hydrogens is 252 g/mol.